The molecule has 0 saturated carbocycles. The van der Waals surface area contributed by atoms with Crippen molar-refractivity contribution >= 4 is 21.5 Å². The first-order valence-corrected chi connectivity index (χ1v) is 5.78. The van der Waals surface area contributed by atoms with Gasteiger partial charge in [-0.05, 0) is 29.8 Å². The van der Waals surface area contributed by atoms with E-state index >= 15 is 0 Å². The van der Waals surface area contributed by atoms with Crippen LogP contribution in [0.15, 0.2) is 53.3 Å². The second kappa shape index (κ2) is 3.91. The Morgan fingerprint density at radius 1 is 0.833 bits per heavy atom. The topological polar surface area (TPSA) is 17.1 Å². The van der Waals surface area contributed by atoms with Crippen molar-refractivity contribution < 1.29 is 4.39 Å². The summed E-state index contributed by atoms with van der Waals surface area (Å²) in [6.07, 6.45) is 0. The average molecular weight is 238 g/mol. The molecule has 1 nitrogen and oxygen atoms in total. The molecule has 0 aliphatic carbocycles. The minimum Gasteiger partial charge on any atom is -0.289 e. The fraction of sp³-hybridized carbons (Fsp3) is 0.0625. The van der Waals surface area contributed by atoms with E-state index in [0.29, 0.717) is 10.8 Å². The fourth-order valence-electron chi connectivity index (χ4n) is 2.22. The normalized spacial score (nSPS) is 11.0. The smallest absolute Gasteiger partial charge is 0.194 e. The number of benzene rings is 2. The molecule has 0 saturated heterocycles. The van der Waals surface area contributed by atoms with Crippen molar-refractivity contribution in [2.24, 2.45) is 0 Å². The Bertz CT molecular complexity index is 822. The van der Waals surface area contributed by atoms with E-state index in [9.17, 15) is 9.18 Å². The van der Waals surface area contributed by atoms with Crippen LogP contribution in [0, 0.1) is 12.7 Å². The molecular weight excluding hydrogens is 227 g/mol. The van der Waals surface area contributed by atoms with Gasteiger partial charge in [0.2, 0.25) is 0 Å². The third-order valence-corrected chi connectivity index (χ3v) is 3.15. The Balaban J connectivity index is 2.61. The Labute approximate surface area is 103 Å². The van der Waals surface area contributed by atoms with Gasteiger partial charge in [0.25, 0.3) is 0 Å². The predicted octanol–water partition coefficient (Wildman–Crippen LogP) is 3.80. The first-order valence-electron chi connectivity index (χ1n) is 5.78. The van der Waals surface area contributed by atoms with Crippen LogP contribution in [0.3, 0.4) is 0 Å². The maximum Gasteiger partial charge on any atom is 0.194 e. The van der Waals surface area contributed by atoms with Crippen molar-refractivity contribution in [2.75, 3.05) is 0 Å². The van der Waals surface area contributed by atoms with Gasteiger partial charge in [-0.3, -0.25) is 4.79 Å². The van der Waals surface area contributed by atoms with Gasteiger partial charge in [0.15, 0.2) is 5.43 Å². The number of hydrogen-bond donors (Lipinski definition) is 0. The first kappa shape index (κ1) is 10.9. The lowest BCUT2D eigenvalue weighted by molar-refractivity contribution is 0.629. The van der Waals surface area contributed by atoms with Gasteiger partial charge in [0.05, 0.1) is 0 Å². The number of hydrogen-bond acceptors (Lipinski definition) is 1. The highest BCUT2D eigenvalue weighted by atomic mass is 19.1. The van der Waals surface area contributed by atoms with E-state index in [1.165, 1.54) is 12.1 Å². The Morgan fingerprint density at radius 3 is 2.39 bits per heavy atom. The van der Waals surface area contributed by atoms with Gasteiger partial charge in [0, 0.05) is 10.8 Å². The van der Waals surface area contributed by atoms with Crippen LogP contribution < -0.4 is 5.43 Å². The Kier molecular flexibility index (Phi) is 2.37. The fourth-order valence-corrected chi connectivity index (χ4v) is 2.22. The Morgan fingerprint density at radius 2 is 1.56 bits per heavy atom. The highest BCUT2D eigenvalue weighted by Crippen LogP contribution is 2.17. The molecule has 0 heterocycles. The van der Waals surface area contributed by atoms with Crippen molar-refractivity contribution in [1.29, 1.82) is 0 Å². The molecule has 18 heavy (non-hydrogen) atoms. The average Bonchev–Trinajstić information content (AvgIpc) is 2.48. The maximum atomic E-state index is 13.3. The molecule has 2 heteroatoms. The second-order valence-corrected chi connectivity index (χ2v) is 4.48. The van der Waals surface area contributed by atoms with Gasteiger partial charge >= 0.3 is 0 Å². The second-order valence-electron chi connectivity index (χ2n) is 4.48. The molecule has 3 aromatic rings. The molecule has 0 fully saturated rings. The maximum absolute atomic E-state index is 13.3. The summed E-state index contributed by atoms with van der Waals surface area (Å²) in [5.74, 6) is -0.383. The van der Waals surface area contributed by atoms with Crippen molar-refractivity contribution in [3.63, 3.8) is 0 Å². The van der Waals surface area contributed by atoms with Crippen LogP contribution in [0.25, 0.3) is 21.5 Å². The summed E-state index contributed by atoms with van der Waals surface area (Å²) >= 11 is 0. The van der Waals surface area contributed by atoms with Crippen molar-refractivity contribution in [1.82, 2.24) is 0 Å². The summed E-state index contributed by atoms with van der Waals surface area (Å²) in [7, 11) is 0. The lowest BCUT2D eigenvalue weighted by Crippen LogP contribution is -1.98. The molecule has 0 N–H and O–H groups in total. The van der Waals surface area contributed by atoms with Crippen LogP contribution in [-0.2, 0) is 0 Å². The highest BCUT2D eigenvalue weighted by Gasteiger charge is 2.03. The summed E-state index contributed by atoms with van der Waals surface area (Å²) in [4.78, 5) is 12.4. The molecule has 3 aromatic carbocycles. The van der Waals surface area contributed by atoms with E-state index in [-0.39, 0.29) is 11.2 Å². The van der Waals surface area contributed by atoms with Crippen LogP contribution in [0.1, 0.15) is 5.56 Å². The molecule has 0 spiro atoms. The standard InChI is InChI=1S/C16H11FO/c1-10-2-7-14-12(8-10)4-3-11-5-6-13(17)9-15(11)16(14)18/h2-9H,1H3. The molecule has 0 aliphatic rings. The SMILES string of the molecule is Cc1ccc2c(=O)c3cc(F)ccc3ccc2c1. The lowest BCUT2D eigenvalue weighted by atomic mass is 10.1. The zero-order valence-corrected chi connectivity index (χ0v) is 9.91. The molecule has 0 amide bonds. The predicted molar refractivity (Wildman–Crippen MR) is 72.4 cm³/mol. The lowest BCUT2D eigenvalue weighted by Gasteiger charge is -1.94. The summed E-state index contributed by atoms with van der Waals surface area (Å²) in [6.45, 7) is 1.98. The molecule has 3 rings (SSSR count). The zero-order chi connectivity index (χ0) is 12.7. The summed E-state index contributed by atoms with van der Waals surface area (Å²) in [5.41, 5.74) is 0.979. The number of halogens is 1. The quantitative estimate of drug-likeness (QED) is 0.582. The minimum absolute atomic E-state index is 0.121. The highest BCUT2D eigenvalue weighted by molar-refractivity contribution is 5.93. The molecular formula is C16H11FO. The molecule has 0 aromatic heterocycles. The van der Waals surface area contributed by atoms with E-state index < -0.39 is 0 Å². The van der Waals surface area contributed by atoms with Crippen LogP contribution in [0.4, 0.5) is 4.39 Å². The number of rotatable bonds is 0. The van der Waals surface area contributed by atoms with E-state index in [0.717, 1.165) is 16.3 Å². The number of fused-ring (bicyclic) bond motifs is 2. The van der Waals surface area contributed by atoms with E-state index in [2.05, 4.69) is 0 Å². The summed E-state index contributed by atoms with van der Waals surface area (Å²) in [5, 5.41) is 2.70. The van der Waals surface area contributed by atoms with Crippen molar-refractivity contribution in [3.05, 3.63) is 70.1 Å². The molecule has 0 unspecified atom stereocenters. The Hall–Kier alpha value is -2.22. The van der Waals surface area contributed by atoms with Crippen LogP contribution in [-0.4, -0.2) is 0 Å². The number of aryl methyl sites for hydroxylation is 1. The van der Waals surface area contributed by atoms with Gasteiger partial charge < -0.3 is 0 Å². The van der Waals surface area contributed by atoms with E-state index in [1.54, 1.807) is 12.1 Å². The van der Waals surface area contributed by atoms with Gasteiger partial charge in [-0.2, -0.15) is 0 Å². The van der Waals surface area contributed by atoms with Gasteiger partial charge in [-0.1, -0.05) is 42.0 Å². The summed E-state index contributed by atoms with van der Waals surface area (Å²) < 4.78 is 13.3. The van der Waals surface area contributed by atoms with Crippen LogP contribution >= 0.6 is 0 Å². The van der Waals surface area contributed by atoms with Crippen molar-refractivity contribution in [2.45, 2.75) is 6.92 Å². The van der Waals surface area contributed by atoms with E-state index in [4.69, 9.17) is 0 Å². The van der Waals surface area contributed by atoms with Crippen molar-refractivity contribution in [3.8, 4) is 0 Å². The van der Waals surface area contributed by atoms with Crippen LogP contribution in [0.2, 0.25) is 0 Å². The monoisotopic (exact) mass is 238 g/mol. The first-order chi connectivity index (χ1) is 8.65. The molecule has 0 atom stereocenters. The summed E-state index contributed by atoms with van der Waals surface area (Å²) in [6, 6.07) is 13.7. The third-order valence-electron chi connectivity index (χ3n) is 3.15. The molecule has 0 radical (unpaired) electrons. The van der Waals surface area contributed by atoms with Gasteiger partial charge in [-0.25, -0.2) is 4.39 Å². The third kappa shape index (κ3) is 1.66. The molecule has 88 valence electrons. The zero-order valence-electron chi connectivity index (χ0n) is 9.91. The van der Waals surface area contributed by atoms with Gasteiger partial charge in [0.1, 0.15) is 5.82 Å². The largest absolute Gasteiger partial charge is 0.289 e. The molecule has 0 bridgehead atoms. The minimum atomic E-state index is -0.383. The van der Waals surface area contributed by atoms with E-state index in [1.807, 2.05) is 31.2 Å². The molecule has 0 aliphatic heterocycles. The van der Waals surface area contributed by atoms with Crippen LogP contribution in [0.5, 0.6) is 0 Å². The van der Waals surface area contributed by atoms with Gasteiger partial charge in [-0.15, -0.1) is 0 Å².